The van der Waals surface area contributed by atoms with Crippen molar-refractivity contribution in [2.45, 2.75) is 46.3 Å². The molecule has 2 aromatic carbocycles. The van der Waals surface area contributed by atoms with Crippen molar-refractivity contribution in [1.82, 2.24) is 10.2 Å². The minimum Gasteiger partial charge on any atom is -0.444 e. The predicted octanol–water partition coefficient (Wildman–Crippen LogP) is 3.93. The predicted molar refractivity (Wildman–Crippen MR) is 124 cm³/mol. The number of terminal acetylenes is 1. The Balaban J connectivity index is 2.28. The van der Waals surface area contributed by atoms with E-state index >= 15 is 0 Å². The molecule has 0 aromatic heterocycles. The number of ether oxygens (including phenoxy) is 1. The first-order valence-corrected chi connectivity index (χ1v) is 10.2. The summed E-state index contributed by atoms with van der Waals surface area (Å²) in [5.74, 6) is -1.08. The van der Waals surface area contributed by atoms with E-state index in [0.29, 0.717) is 11.3 Å². The van der Waals surface area contributed by atoms with Gasteiger partial charge in [-0.2, -0.15) is 0 Å². The minimum absolute atomic E-state index is 0.418. The fourth-order valence-corrected chi connectivity index (χ4v) is 3.09. The second-order valence-corrected chi connectivity index (χ2v) is 8.32. The molecule has 0 aliphatic rings. The highest BCUT2D eigenvalue weighted by molar-refractivity contribution is 5.99. The van der Waals surface area contributed by atoms with E-state index < -0.39 is 36.1 Å². The van der Waals surface area contributed by atoms with Crippen LogP contribution >= 0.6 is 0 Å². The van der Waals surface area contributed by atoms with Gasteiger partial charge in [0.1, 0.15) is 18.2 Å². The van der Waals surface area contributed by atoms with Gasteiger partial charge >= 0.3 is 6.09 Å². The first kappa shape index (κ1) is 24.5. The number of anilines is 1. The molecule has 2 rings (SSSR count). The van der Waals surface area contributed by atoms with Gasteiger partial charge in [0, 0.05) is 11.7 Å². The number of benzene rings is 2. The lowest BCUT2D eigenvalue weighted by Crippen LogP contribution is -2.44. The summed E-state index contributed by atoms with van der Waals surface area (Å²) in [7, 11) is 0. The lowest BCUT2D eigenvalue weighted by atomic mass is 10.0. The van der Waals surface area contributed by atoms with E-state index in [-0.39, 0.29) is 0 Å². The van der Waals surface area contributed by atoms with E-state index in [4.69, 9.17) is 11.2 Å². The molecule has 0 spiro atoms. The van der Waals surface area contributed by atoms with Crippen molar-refractivity contribution in [2.24, 2.45) is 0 Å². The van der Waals surface area contributed by atoms with Crippen LogP contribution in [-0.2, 0) is 14.3 Å². The molecule has 0 bridgehead atoms. The largest absolute Gasteiger partial charge is 0.444 e. The lowest BCUT2D eigenvalue weighted by Gasteiger charge is -2.27. The van der Waals surface area contributed by atoms with Crippen LogP contribution in [0.3, 0.4) is 0 Å². The quantitative estimate of drug-likeness (QED) is 0.532. The number of nitrogens with one attached hydrogen (secondary N) is 2. The van der Waals surface area contributed by atoms with E-state index in [1.165, 1.54) is 0 Å². The molecule has 1 unspecified atom stereocenters. The van der Waals surface area contributed by atoms with Crippen LogP contribution in [-0.4, -0.2) is 35.0 Å². The number of hydrogen-bond donors (Lipinski definition) is 2. The monoisotopic (exact) mass is 435 g/mol. The molecule has 0 fully saturated rings. The van der Waals surface area contributed by atoms with Gasteiger partial charge in [0.05, 0.1) is 0 Å². The number of alkyl carbamates (subject to hydrolysis) is 1. The van der Waals surface area contributed by atoms with Crippen LogP contribution in [0.4, 0.5) is 10.5 Å². The zero-order valence-electron chi connectivity index (χ0n) is 19.1. The molecule has 2 aromatic rings. The molecule has 0 radical (unpaired) electrons. The summed E-state index contributed by atoms with van der Waals surface area (Å²) in [6.45, 7) is 8.49. The molecule has 0 heterocycles. The number of para-hydroxylation sites is 1. The Labute approximate surface area is 189 Å². The summed E-state index contributed by atoms with van der Waals surface area (Å²) in [4.78, 5) is 39.1. The average molecular weight is 436 g/mol. The van der Waals surface area contributed by atoms with Crippen molar-refractivity contribution in [3.05, 3.63) is 65.2 Å². The summed E-state index contributed by atoms with van der Waals surface area (Å²) in [5.41, 5.74) is 2.26. The molecule has 168 valence electrons. The smallest absolute Gasteiger partial charge is 0.408 e. The Morgan fingerprint density at radius 2 is 1.62 bits per heavy atom. The van der Waals surface area contributed by atoms with Crippen molar-refractivity contribution in [3.8, 4) is 12.5 Å². The van der Waals surface area contributed by atoms with Gasteiger partial charge in [-0.3, -0.25) is 14.5 Å². The van der Waals surface area contributed by atoms with E-state index in [1.54, 1.807) is 51.1 Å². The number of carbonyl (C=O) groups excluding carboxylic acids is 3. The van der Waals surface area contributed by atoms with Crippen LogP contribution in [0, 0.1) is 26.3 Å². The molecule has 3 amide bonds. The first-order chi connectivity index (χ1) is 15.0. The van der Waals surface area contributed by atoms with E-state index in [0.717, 1.165) is 16.0 Å². The lowest BCUT2D eigenvalue weighted by molar-refractivity contribution is -0.134. The van der Waals surface area contributed by atoms with Crippen LogP contribution in [0.25, 0.3) is 0 Å². The Morgan fingerprint density at radius 3 is 2.16 bits per heavy atom. The van der Waals surface area contributed by atoms with Crippen LogP contribution in [0.5, 0.6) is 0 Å². The molecule has 7 nitrogen and oxygen atoms in total. The topological polar surface area (TPSA) is 87.7 Å². The first-order valence-electron chi connectivity index (χ1n) is 10.2. The van der Waals surface area contributed by atoms with E-state index in [9.17, 15) is 14.4 Å². The molecule has 1 atom stereocenters. The fourth-order valence-electron chi connectivity index (χ4n) is 3.09. The normalized spacial score (nSPS) is 11.6. The SMILES string of the molecule is C#CN(C(=O)CNC(=O)OC(C)(C)C)C(C(=O)Nc1c(C)cccc1C)c1ccccc1. The molecule has 2 N–H and O–H groups in total. The second kappa shape index (κ2) is 10.5. The van der Waals surface area contributed by atoms with Crippen molar-refractivity contribution in [3.63, 3.8) is 0 Å². The summed E-state index contributed by atoms with van der Waals surface area (Å²) < 4.78 is 5.15. The van der Waals surface area contributed by atoms with E-state index in [1.807, 2.05) is 32.0 Å². The molecule has 0 saturated carbocycles. The third-order valence-electron chi connectivity index (χ3n) is 4.54. The molecule has 0 aliphatic heterocycles. The third kappa shape index (κ3) is 6.61. The maximum absolute atomic E-state index is 13.3. The van der Waals surface area contributed by atoms with E-state index in [2.05, 4.69) is 16.7 Å². The van der Waals surface area contributed by atoms with Crippen LogP contribution in [0.1, 0.15) is 43.5 Å². The van der Waals surface area contributed by atoms with Gasteiger partial charge in [-0.1, -0.05) is 55.0 Å². The molecular weight excluding hydrogens is 406 g/mol. The highest BCUT2D eigenvalue weighted by Crippen LogP contribution is 2.25. The fraction of sp³-hybridized carbons (Fsp3) is 0.320. The number of rotatable bonds is 6. The second-order valence-electron chi connectivity index (χ2n) is 8.32. The summed E-state index contributed by atoms with van der Waals surface area (Å²) in [6, 6.07) is 15.6. The third-order valence-corrected chi connectivity index (χ3v) is 4.54. The summed E-state index contributed by atoms with van der Waals surface area (Å²) in [5, 5.41) is 5.29. The maximum atomic E-state index is 13.3. The summed E-state index contributed by atoms with van der Waals surface area (Å²) >= 11 is 0. The number of nitrogens with zero attached hydrogens (tertiary/aromatic N) is 1. The summed E-state index contributed by atoms with van der Waals surface area (Å²) in [6.07, 6.45) is 4.89. The minimum atomic E-state index is -1.09. The molecule has 32 heavy (non-hydrogen) atoms. The maximum Gasteiger partial charge on any atom is 0.408 e. The highest BCUT2D eigenvalue weighted by atomic mass is 16.6. The Kier molecular flexibility index (Phi) is 8.03. The average Bonchev–Trinajstić information content (AvgIpc) is 2.72. The van der Waals surface area contributed by atoms with Gasteiger partial charge in [-0.05, 0) is 51.3 Å². The van der Waals surface area contributed by atoms with Crippen molar-refractivity contribution in [1.29, 1.82) is 0 Å². The number of aryl methyl sites for hydroxylation is 2. The number of hydrogen-bond acceptors (Lipinski definition) is 4. The van der Waals surface area contributed by atoms with Crippen LogP contribution in [0.15, 0.2) is 48.5 Å². The van der Waals surface area contributed by atoms with Gasteiger partial charge in [0.2, 0.25) is 0 Å². The van der Waals surface area contributed by atoms with Gasteiger partial charge in [-0.25, -0.2) is 4.79 Å². The Bertz CT molecular complexity index is 999. The molecule has 0 aliphatic carbocycles. The standard InChI is InChI=1S/C25H29N3O4/c1-7-28(20(29)16-26-24(31)32-25(4,5)6)22(19-14-9-8-10-15-19)23(30)27-21-17(2)12-11-13-18(21)3/h1,8-15,22H,16H2,2-6H3,(H,26,31)(H,27,30). The van der Waals surface area contributed by atoms with Gasteiger partial charge < -0.3 is 15.4 Å². The van der Waals surface area contributed by atoms with Crippen molar-refractivity contribution < 1.29 is 19.1 Å². The van der Waals surface area contributed by atoms with Crippen molar-refractivity contribution >= 4 is 23.6 Å². The van der Waals surface area contributed by atoms with Gasteiger partial charge in [0.15, 0.2) is 0 Å². The number of carbonyl (C=O) groups is 3. The van der Waals surface area contributed by atoms with Gasteiger partial charge in [0.25, 0.3) is 11.8 Å². The van der Waals surface area contributed by atoms with Gasteiger partial charge in [-0.15, -0.1) is 0 Å². The Morgan fingerprint density at radius 1 is 1.03 bits per heavy atom. The van der Waals surface area contributed by atoms with Crippen molar-refractivity contribution in [2.75, 3.05) is 11.9 Å². The van der Waals surface area contributed by atoms with Crippen LogP contribution in [0.2, 0.25) is 0 Å². The zero-order chi connectivity index (χ0) is 23.9. The van der Waals surface area contributed by atoms with Crippen LogP contribution < -0.4 is 10.6 Å². The highest BCUT2D eigenvalue weighted by Gasteiger charge is 2.31. The Hall–Kier alpha value is -3.79. The molecule has 0 saturated heterocycles. The zero-order valence-corrected chi connectivity index (χ0v) is 19.1. The number of amides is 3. The molecule has 7 heteroatoms. The molecular formula is C25H29N3O4.